The molecule has 0 aliphatic carbocycles. The Hall–Kier alpha value is -2.60. The lowest BCUT2D eigenvalue weighted by Gasteiger charge is -2.03. The van der Waals surface area contributed by atoms with E-state index in [9.17, 15) is 4.79 Å². The summed E-state index contributed by atoms with van der Waals surface area (Å²) in [6.07, 6.45) is 1.10. The molecular weight excluding hydrogens is 396 g/mol. The first kappa shape index (κ1) is 16.8. The van der Waals surface area contributed by atoms with E-state index in [4.69, 9.17) is 9.26 Å². The molecule has 0 saturated carbocycles. The van der Waals surface area contributed by atoms with E-state index in [2.05, 4.69) is 39.4 Å². The van der Waals surface area contributed by atoms with E-state index in [1.165, 1.54) is 5.56 Å². The van der Waals surface area contributed by atoms with Crippen molar-refractivity contribution in [2.45, 2.75) is 26.0 Å². The SMILES string of the molecule is CC1Cc2cc(-c3cc(CNC(=O)c4ccc(Br)cc4)no3)ccc2O1. The van der Waals surface area contributed by atoms with Crippen LogP contribution < -0.4 is 10.1 Å². The number of carbonyl (C=O) groups is 1. The fraction of sp³-hybridized carbons (Fsp3) is 0.200. The number of rotatable bonds is 4. The van der Waals surface area contributed by atoms with Crippen LogP contribution in [0.1, 0.15) is 28.5 Å². The predicted molar refractivity (Wildman–Crippen MR) is 101 cm³/mol. The number of hydrogen-bond donors (Lipinski definition) is 1. The van der Waals surface area contributed by atoms with Crippen molar-refractivity contribution in [2.75, 3.05) is 0 Å². The zero-order valence-corrected chi connectivity index (χ0v) is 15.7. The Balaban J connectivity index is 1.43. The first-order valence-corrected chi connectivity index (χ1v) is 9.17. The number of hydrogen-bond acceptors (Lipinski definition) is 4. The third-order valence-corrected chi connectivity index (χ3v) is 4.80. The number of aromatic nitrogens is 1. The highest BCUT2D eigenvalue weighted by molar-refractivity contribution is 9.10. The minimum absolute atomic E-state index is 0.147. The second-order valence-electron chi connectivity index (χ2n) is 6.33. The molecule has 0 fully saturated rings. The van der Waals surface area contributed by atoms with Crippen LogP contribution in [-0.2, 0) is 13.0 Å². The van der Waals surface area contributed by atoms with E-state index in [1.807, 2.05) is 30.3 Å². The van der Waals surface area contributed by atoms with Gasteiger partial charge in [0.05, 0.1) is 6.54 Å². The Labute approximate surface area is 159 Å². The Morgan fingerprint density at radius 1 is 1.23 bits per heavy atom. The maximum Gasteiger partial charge on any atom is 0.251 e. The van der Waals surface area contributed by atoms with Crippen LogP contribution in [0.4, 0.5) is 0 Å². The number of fused-ring (bicyclic) bond motifs is 1. The van der Waals surface area contributed by atoms with Gasteiger partial charge in [-0.1, -0.05) is 21.1 Å². The highest BCUT2D eigenvalue weighted by Crippen LogP contribution is 2.33. The molecule has 1 N–H and O–H groups in total. The van der Waals surface area contributed by atoms with Crippen molar-refractivity contribution in [3.63, 3.8) is 0 Å². The Bertz CT molecular complexity index is 950. The van der Waals surface area contributed by atoms with E-state index in [-0.39, 0.29) is 12.0 Å². The quantitative estimate of drug-likeness (QED) is 0.691. The summed E-state index contributed by atoms with van der Waals surface area (Å²) in [5.41, 5.74) is 3.41. The van der Waals surface area contributed by atoms with Crippen LogP contribution in [0.5, 0.6) is 5.75 Å². The molecule has 5 nitrogen and oxygen atoms in total. The standard InChI is InChI=1S/C20H17BrN2O3/c1-12-8-15-9-14(4-7-18(15)25-12)19-10-17(23-26-19)11-22-20(24)13-2-5-16(21)6-3-13/h2-7,9-10,12H,8,11H2,1H3,(H,22,24). The first-order valence-electron chi connectivity index (χ1n) is 8.38. The summed E-state index contributed by atoms with van der Waals surface area (Å²) < 4.78 is 12.1. The molecule has 26 heavy (non-hydrogen) atoms. The molecule has 1 unspecified atom stereocenters. The number of nitrogens with one attached hydrogen (secondary N) is 1. The fourth-order valence-corrected chi connectivity index (χ4v) is 3.24. The third kappa shape index (κ3) is 3.51. The molecule has 0 radical (unpaired) electrons. The van der Waals surface area contributed by atoms with Gasteiger partial charge in [-0.3, -0.25) is 4.79 Å². The largest absolute Gasteiger partial charge is 0.490 e. The lowest BCUT2D eigenvalue weighted by atomic mass is 10.1. The number of halogens is 1. The zero-order chi connectivity index (χ0) is 18.1. The van der Waals surface area contributed by atoms with Gasteiger partial charge >= 0.3 is 0 Å². The van der Waals surface area contributed by atoms with Crippen molar-refractivity contribution in [3.8, 4) is 17.1 Å². The normalized spacial score (nSPS) is 15.4. The van der Waals surface area contributed by atoms with Gasteiger partial charge in [-0.2, -0.15) is 0 Å². The summed E-state index contributed by atoms with van der Waals surface area (Å²) in [5.74, 6) is 1.47. The van der Waals surface area contributed by atoms with Crippen LogP contribution in [0.3, 0.4) is 0 Å². The number of amides is 1. The summed E-state index contributed by atoms with van der Waals surface area (Å²) in [7, 11) is 0. The zero-order valence-electron chi connectivity index (χ0n) is 14.2. The molecule has 2 aromatic carbocycles. The fourth-order valence-electron chi connectivity index (χ4n) is 2.98. The second kappa shape index (κ2) is 6.96. The molecule has 1 atom stereocenters. The summed E-state index contributed by atoms with van der Waals surface area (Å²) in [4.78, 5) is 12.2. The third-order valence-electron chi connectivity index (χ3n) is 4.28. The number of ether oxygens (including phenoxy) is 1. The molecule has 132 valence electrons. The molecule has 1 amide bonds. The minimum atomic E-state index is -0.147. The van der Waals surface area contributed by atoms with E-state index in [1.54, 1.807) is 12.1 Å². The van der Waals surface area contributed by atoms with Crippen molar-refractivity contribution in [3.05, 3.63) is 69.8 Å². The van der Waals surface area contributed by atoms with Crippen molar-refractivity contribution in [1.82, 2.24) is 10.5 Å². The van der Waals surface area contributed by atoms with Crippen LogP contribution in [0.2, 0.25) is 0 Å². The van der Waals surface area contributed by atoms with Gasteiger partial charge in [0.25, 0.3) is 5.91 Å². The lowest BCUT2D eigenvalue weighted by Crippen LogP contribution is -2.22. The number of carbonyl (C=O) groups excluding carboxylic acids is 1. The van der Waals surface area contributed by atoms with Crippen LogP contribution in [0, 0.1) is 0 Å². The lowest BCUT2D eigenvalue weighted by molar-refractivity contribution is 0.0950. The average Bonchev–Trinajstić information content (AvgIpc) is 3.25. The van der Waals surface area contributed by atoms with Gasteiger partial charge in [-0.05, 0) is 55.0 Å². The molecule has 1 aliphatic heterocycles. The topological polar surface area (TPSA) is 64.4 Å². The minimum Gasteiger partial charge on any atom is -0.490 e. The smallest absolute Gasteiger partial charge is 0.251 e. The van der Waals surface area contributed by atoms with Crippen LogP contribution in [0.25, 0.3) is 11.3 Å². The second-order valence-corrected chi connectivity index (χ2v) is 7.24. The highest BCUT2D eigenvalue weighted by atomic mass is 79.9. The summed E-state index contributed by atoms with van der Waals surface area (Å²) in [6.45, 7) is 2.36. The monoisotopic (exact) mass is 412 g/mol. The Kier molecular flexibility index (Phi) is 4.51. The van der Waals surface area contributed by atoms with Crippen LogP contribution in [0.15, 0.2) is 57.5 Å². The van der Waals surface area contributed by atoms with Crippen molar-refractivity contribution in [1.29, 1.82) is 0 Å². The van der Waals surface area contributed by atoms with Crippen molar-refractivity contribution in [2.24, 2.45) is 0 Å². The molecule has 0 bridgehead atoms. The number of nitrogens with zero attached hydrogens (tertiary/aromatic N) is 1. The van der Waals surface area contributed by atoms with Gasteiger partial charge in [0, 0.05) is 28.1 Å². The van der Waals surface area contributed by atoms with Crippen molar-refractivity contribution < 1.29 is 14.1 Å². The van der Waals surface area contributed by atoms with Gasteiger partial charge in [-0.15, -0.1) is 0 Å². The molecule has 1 aliphatic rings. The van der Waals surface area contributed by atoms with Crippen molar-refractivity contribution >= 4 is 21.8 Å². The predicted octanol–water partition coefficient (Wildman–Crippen LogP) is 4.36. The molecule has 6 heteroatoms. The van der Waals surface area contributed by atoms with Gasteiger partial charge in [-0.25, -0.2) is 0 Å². The first-order chi connectivity index (χ1) is 12.6. The van der Waals surface area contributed by atoms with E-state index in [0.717, 1.165) is 22.2 Å². The van der Waals surface area contributed by atoms with Gasteiger partial charge in [0.2, 0.25) is 0 Å². The van der Waals surface area contributed by atoms with Gasteiger partial charge in [0.15, 0.2) is 5.76 Å². The summed E-state index contributed by atoms with van der Waals surface area (Å²) >= 11 is 3.36. The molecule has 0 saturated heterocycles. The van der Waals surface area contributed by atoms with E-state index >= 15 is 0 Å². The van der Waals surface area contributed by atoms with Gasteiger partial charge in [0.1, 0.15) is 17.5 Å². The summed E-state index contributed by atoms with van der Waals surface area (Å²) in [6, 6.07) is 15.0. The molecule has 3 aromatic rings. The Morgan fingerprint density at radius 3 is 2.85 bits per heavy atom. The maximum atomic E-state index is 12.2. The molecule has 2 heterocycles. The van der Waals surface area contributed by atoms with E-state index < -0.39 is 0 Å². The Morgan fingerprint density at radius 2 is 2.04 bits per heavy atom. The van der Waals surface area contributed by atoms with E-state index in [0.29, 0.717) is 23.6 Å². The summed E-state index contributed by atoms with van der Waals surface area (Å²) in [5, 5.41) is 6.90. The van der Waals surface area contributed by atoms with Gasteiger partial charge < -0.3 is 14.6 Å². The average molecular weight is 413 g/mol. The highest BCUT2D eigenvalue weighted by Gasteiger charge is 2.20. The maximum absolute atomic E-state index is 12.2. The molecule has 1 aromatic heterocycles. The molecule has 4 rings (SSSR count). The number of benzene rings is 2. The molecule has 0 spiro atoms. The van der Waals surface area contributed by atoms with Crippen LogP contribution >= 0.6 is 15.9 Å². The van der Waals surface area contributed by atoms with Crippen LogP contribution in [-0.4, -0.2) is 17.2 Å². The molecular formula is C20H17BrN2O3.